The Morgan fingerprint density at radius 2 is 1.61 bits per heavy atom. The second kappa shape index (κ2) is 5.54. The number of H-pyrrole nitrogens is 2. The zero-order valence-electron chi connectivity index (χ0n) is 13.1. The summed E-state index contributed by atoms with van der Waals surface area (Å²) in [5.74, 6) is 1.61. The second-order valence-corrected chi connectivity index (χ2v) is 6.91. The van der Waals surface area contributed by atoms with Crippen LogP contribution in [0.5, 0.6) is 0 Å². The highest BCUT2D eigenvalue weighted by molar-refractivity contribution is 5.92. The van der Waals surface area contributed by atoms with Gasteiger partial charge in [-0.3, -0.25) is 9.59 Å². The van der Waals surface area contributed by atoms with Crippen molar-refractivity contribution < 1.29 is 9.59 Å². The van der Waals surface area contributed by atoms with E-state index >= 15 is 0 Å². The fourth-order valence-corrected chi connectivity index (χ4v) is 4.32. The van der Waals surface area contributed by atoms with Gasteiger partial charge in [0, 0.05) is 38.3 Å². The summed E-state index contributed by atoms with van der Waals surface area (Å²) < 4.78 is 0. The van der Waals surface area contributed by atoms with Crippen molar-refractivity contribution in [3.8, 4) is 0 Å². The van der Waals surface area contributed by atoms with Crippen molar-refractivity contribution in [2.24, 2.45) is 17.8 Å². The van der Waals surface area contributed by atoms with Gasteiger partial charge in [-0.2, -0.15) is 0 Å². The molecule has 4 rings (SSSR count). The number of carbonyl (C=O) groups is 2. The maximum atomic E-state index is 12.6. The minimum Gasteiger partial charge on any atom is -0.339 e. The van der Waals surface area contributed by atoms with Gasteiger partial charge in [0.1, 0.15) is 5.69 Å². The van der Waals surface area contributed by atoms with Crippen LogP contribution in [0.1, 0.15) is 36.2 Å². The van der Waals surface area contributed by atoms with Crippen LogP contribution in [0.25, 0.3) is 0 Å². The molecule has 3 fully saturated rings. The molecule has 2 amide bonds. The molecular formula is C16H22N4O3. The maximum Gasteiger partial charge on any atom is 0.323 e. The number of fused-ring (bicyclic) bond motifs is 1. The van der Waals surface area contributed by atoms with E-state index in [4.69, 9.17) is 0 Å². The van der Waals surface area contributed by atoms with Gasteiger partial charge in [0.25, 0.3) is 5.91 Å². The summed E-state index contributed by atoms with van der Waals surface area (Å²) in [5, 5.41) is 0. The Labute approximate surface area is 134 Å². The van der Waals surface area contributed by atoms with Gasteiger partial charge < -0.3 is 19.8 Å². The summed E-state index contributed by atoms with van der Waals surface area (Å²) in [6.07, 6.45) is 6.35. The van der Waals surface area contributed by atoms with Gasteiger partial charge in [0.05, 0.1) is 0 Å². The maximum absolute atomic E-state index is 12.6. The quantitative estimate of drug-likeness (QED) is 0.828. The summed E-state index contributed by atoms with van der Waals surface area (Å²) >= 11 is 0. The van der Waals surface area contributed by atoms with Crippen LogP contribution in [0.2, 0.25) is 0 Å². The number of imidazole rings is 1. The molecule has 1 aliphatic heterocycles. The highest BCUT2D eigenvalue weighted by Crippen LogP contribution is 2.56. The smallest absolute Gasteiger partial charge is 0.323 e. The first-order chi connectivity index (χ1) is 11.1. The molecule has 2 aliphatic carbocycles. The summed E-state index contributed by atoms with van der Waals surface area (Å²) in [7, 11) is 0. The number of carbonyl (C=O) groups excluding carboxylic acids is 2. The van der Waals surface area contributed by atoms with Gasteiger partial charge in [-0.15, -0.1) is 0 Å². The van der Waals surface area contributed by atoms with Crippen molar-refractivity contribution in [2.45, 2.75) is 25.7 Å². The van der Waals surface area contributed by atoms with Crippen molar-refractivity contribution in [1.29, 1.82) is 0 Å². The van der Waals surface area contributed by atoms with Crippen molar-refractivity contribution in [2.75, 3.05) is 26.2 Å². The van der Waals surface area contributed by atoms with Crippen molar-refractivity contribution >= 4 is 11.8 Å². The Balaban J connectivity index is 1.33. The molecule has 2 unspecified atom stereocenters. The van der Waals surface area contributed by atoms with Crippen LogP contribution in [0.4, 0.5) is 0 Å². The Kier molecular flexibility index (Phi) is 3.50. The number of hydrogen-bond donors (Lipinski definition) is 2. The third kappa shape index (κ3) is 2.58. The number of amides is 2. The third-order valence-corrected chi connectivity index (χ3v) is 5.65. The van der Waals surface area contributed by atoms with E-state index in [1.165, 1.54) is 31.9 Å². The van der Waals surface area contributed by atoms with Crippen LogP contribution in [-0.2, 0) is 4.79 Å². The molecule has 0 bridgehead atoms. The number of hydrogen-bond acceptors (Lipinski definition) is 3. The molecule has 124 valence electrons. The summed E-state index contributed by atoms with van der Waals surface area (Å²) in [5.41, 5.74) is -0.0958. The van der Waals surface area contributed by atoms with E-state index in [-0.39, 0.29) is 23.2 Å². The van der Waals surface area contributed by atoms with Gasteiger partial charge in [-0.25, -0.2) is 4.79 Å². The SMILES string of the molecule is O=C(c1c[nH]c(=O)[nH]1)N1CCN(C(=O)C2C3CCCCC32)CC1. The normalized spacial score (nSPS) is 30.0. The third-order valence-electron chi connectivity index (χ3n) is 5.65. The zero-order valence-corrected chi connectivity index (χ0v) is 13.1. The van der Waals surface area contributed by atoms with E-state index in [9.17, 15) is 14.4 Å². The molecule has 1 saturated heterocycles. The lowest BCUT2D eigenvalue weighted by molar-refractivity contribution is -0.134. The minimum atomic E-state index is -0.376. The summed E-state index contributed by atoms with van der Waals surface area (Å²) in [6.45, 7) is 2.24. The molecule has 2 atom stereocenters. The van der Waals surface area contributed by atoms with E-state index in [0.717, 1.165) is 0 Å². The number of nitrogens with zero attached hydrogens (tertiary/aromatic N) is 2. The highest BCUT2D eigenvalue weighted by atomic mass is 16.2. The molecular weight excluding hydrogens is 296 g/mol. The lowest BCUT2D eigenvalue weighted by atomic mass is 10.0. The number of aromatic amines is 2. The molecule has 2 heterocycles. The molecule has 1 aromatic rings. The van der Waals surface area contributed by atoms with E-state index in [1.54, 1.807) is 4.90 Å². The number of nitrogens with one attached hydrogen (secondary N) is 2. The highest BCUT2D eigenvalue weighted by Gasteiger charge is 2.55. The largest absolute Gasteiger partial charge is 0.339 e. The van der Waals surface area contributed by atoms with Gasteiger partial charge >= 0.3 is 5.69 Å². The Hall–Kier alpha value is -2.05. The monoisotopic (exact) mass is 318 g/mol. The zero-order chi connectivity index (χ0) is 16.0. The van der Waals surface area contributed by atoms with E-state index in [2.05, 4.69) is 9.97 Å². The fourth-order valence-electron chi connectivity index (χ4n) is 4.32. The van der Waals surface area contributed by atoms with Crippen LogP contribution in [0.3, 0.4) is 0 Å². The number of piperazine rings is 1. The van der Waals surface area contributed by atoms with E-state index in [1.807, 2.05) is 4.90 Å². The first kappa shape index (κ1) is 14.5. The van der Waals surface area contributed by atoms with Crippen LogP contribution < -0.4 is 5.69 Å². The van der Waals surface area contributed by atoms with Crippen molar-refractivity contribution in [3.05, 3.63) is 22.4 Å². The summed E-state index contributed by atoms with van der Waals surface area (Å²) in [6, 6.07) is 0. The molecule has 0 aromatic carbocycles. The lowest BCUT2D eigenvalue weighted by Crippen LogP contribution is -2.51. The van der Waals surface area contributed by atoms with Gasteiger partial charge in [0.2, 0.25) is 5.91 Å². The Morgan fingerprint density at radius 1 is 1.00 bits per heavy atom. The van der Waals surface area contributed by atoms with E-state index in [0.29, 0.717) is 43.9 Å². The topological polar surface area (TPSA) is 89.3 Å². The average Bonchev–Trinajstić information content (AvgIpc) is 3.16. The molecule has 2 N–H and O–H groups in total. The van der Waals surface area contributed by atoms with E-state index < -0.39 is 0 Å². The van der Waals surface area contributed by atoms with Gasteiger partial charge in [-0.05, 0) is 24.7 Å². The molecule has 3 aliphatic rings. The number of rotatable bonds is 2. The molecule has 0 spiro atoms. The van der Waals surface area contributed by atoms with Gasteiger partial charge in [-0.1, -0.05) is 12.8 Å². The molecule has 0 radical (unpaired) electrons. The van der Waals surface area contributed by atoms with Crippen LogP contribution in [-0.4, -0.2) is 57.8 Å². The first-order valence-corrected chi connectivity index (χ1v) is 8.51. The Morgan fingerprint density at radius 3 is 2.17 bits per heavy atom. The standard InChI is InChI=1S/C16H22N4O3/c21-14(12-9-17-16(23)18-12)19-5-7-20(8-6-19)15(22)13-10-3-1-2-4-11(10)13/h9-11,13H,1-8H2,(H2,17,18,23). The van der Waals surface area contributed by atoms with Gasteiger partial charge in [0.15, 0.2) is 0 Å². The Bertz CT molecular complexity index is 659. The minimum absolute atomic E-state index is 0.185. The predicted molar refractivity (Wildman–Crippen MR) is 82.8 cm³/mol. The number of aromatic nitrogens is 2. The second-order valence-electron chi connectivity index (χ2n) is 6.91. The summed E-state index contributed by atoms with van der Waals surface area (Å²) in [4.78, 5) is 44.6. The molecule has 7 nitrogen and oxygen atoms in total. The first-order valence-electron chi connectivity index (χ1n) is 8.51. The molecule has 23 heavy (non-hydrogen) atoms. The van der Waals surface area contributed by atoms with Crippen LogP contribution >= 0.6 is 0 Å². The van der Waals surface area contributed by atoms with Crippen LogP contribution in [0, 0.1) is 17.8 Å². The lowest BCUT2D eigenvalue weighted by Gasteiger charge is -2.34. The fraction of sp³-hybridized carbons (Fsp3) is 0.688. The molecule has 1 aromatic heterocycles. The van der Waals surface area contributed by atoms with Crippen molar-refractivity contribution in [1.82, 2.24) is 19.8 Å². The molecule has 2 saturated carbocycles. The average molecular weight is 318 g/mol. The molecule has 7 heteroatoms. The predicted octanol–water partition coefficient (Wildman–Crippen LogP) is 0.424. The van der Waals surface area contributed by atoms with Crippen LogP contribution in [0.15, 0.2) is 11.0 Å². The van der Waals surface area contributed by atoms with Crippen molar-refractivity contribution in [3.63, 3.8) is 0 Å².